The van der Waals surface area contributed by atoms with Gasteiger partial charge < -0.3 is 15.6 Å². The molecule has 0 bridgehead atoms. The van der Waals surface area contributed by atoms with Gasteiger partial charge in [0.05, 0.1) is 19.4 Å². The molecular weight excluding hydrogens is 266 g/mol. The number of hydrogen-bond acceptors (Lipinski definition) is 5. The molecule has 1 saturated heterocycles. The van der Waals surface area contributed by atoms with Crippen LogP contribution in [0.25, 0.3) is 0 Å². The third-order valence-electron chi connectivity index (χ3n) is 4.27. The Labute approximate surface area is 127 Å². The molecule has 1 heterocycles. The lowest BCUT2D eigenvalue weighted by atomic mass is 10.0. The first kappa shape index (κ1) is 16.1. The van der Waals surface area contributed by atoms with E-state index in [0.29, 0.717) is 11.7 Å². The summed E-state index contributed by atoms with van der Waals surface area (Å²) < 4.78 is 5.19. The van der Waals surface area contributed by atoms with Crippen LogP contribution in [-0.2, 0) is 6.42 Å². The predicted molar refractivity (Wildman–Crippen MR) is 85.7 cm³/mol. The zero-order valence-corrected chi connectivity index (χ0v) is 13.1. The molecule has 0 radical (unpaired) electrons. The van der Waals surface area contributed by atoms with E-state index in [0.717, 1.165) is 44.9 Å². The molecule has 2 rings (SSSR count). The normalized spacial score (nSPS) is 18.6. The standard InChI is InChI=1S/C16H27N3O2/c1-13(19-7-5-18(6-8-19)9-10-20)11-14-3-4-16(21-2)15(17)12-14/h3-4,12-13,20H,5-11,17H2,1-2H3. The van der Waals surface area contributed by atoms with Crippen molar-refractivity contribution in [2.24, 2.45) is 0 Å². The van der Waals surface area contributed by atoms with Gasteiger partial charge in [0, 0.05) is 38.8 Å². The lowest BCUT2D eigenvalue weighted by Gasteiger charge is -2.38. The number of nitrogen functional groups attached to an aromatic ring is 1. The predicted octanol–water partition coefficient (Wildman–Crippen LogP) is 0.818. The maximum absolute atomic E-state index is 8.98. The average molecular weight is 293 g/mol. The van der Waals surface area contributed by atoms with Crippen molar-refractivity contribution in [1.82, 2.24) is 9.80 Å². The van der Waals surface area contributed by atoms with E-state index in [1.165, 1.54) is 5.56 Å². The highest BCUT2D eigenvalue weighted by molar-refractivity contribution is 5.54. The highest BCUT2D eigenvalue weighted by Crippen LogP contribution is 2.23. The minimum absolute atomic E-state index is 0.251. The molecule has 1 aliphatic heterocycles. The summed E-state index contributed by atoms with van der Waals surface area (Å²) in [4.78, 5) is 4.82. The lowest BCUT2D eigenvalue weighted by Crippen LogP contribution is -2.50. The summed E-state index contributed by atoms with van der Waals surface area (Å²) in [7, 11) is 1.64. The van der Waals surface area contributed by atoms with E-state index >= 15 is 0 Å². The second-order valence-corrected chi connectivity index (χ2v) is 5.73. The summed E-state index contributed by atoms with van der Waals surface area (Å²) >= 11 is 0. The highest BCUT2D eigenvalue weighted by Gasteiger charge is 2.20. The lowest BCUT2D eigenvalue weighted by molar-refractivity contribution is 0.0888. The molecule has 0 amide bonds. The fraction of sp³-hybridized carbons (Fsp3) is 0.625. The molecule has 1 unspecified atom stereocenters. The van der Waals surface area contributed by atoms with Crippen molar-refractivity contribution < 1.29 is 9.84 Å². The van der Waals surface area contributed by atoms with Crippen LogP contribution < -0.4 is 10.5 Å². The van der Waals surface area contributed by atoms with Crippen molar-refractivity contribution in [3.63, 3.8) is 0 Å². The largest absolute Gasteiger partial charge is 0.495 e. The van der Waals surface area contributed by atoms with Crippen molar-refractivity contribution in [2.45, 2.75) is 19.4 Å². The molecule has 1 fully saturated rings. The van der Waals surface area contributed by atoms with Gasteiger partial charge in [-0.05, 0) is 31.0 Å². The first-order chi connectivity index (χ1) is 10.1. The fourth-order valence-corrected chi connectivity index (χ4v) is 2.95. The molecular formula is C16H27N3O2. The smallest absolute Gasteiger partial charge is 0.141 e. The Bertz CT molecular complexity index is 445. The third kappa shape index (κ3) is 4.33. The molecule has 5 heteroatoms. The maximum atomic E-state index is 8.98. The van der Waals surface area contributed by atoms with Gasteiger partial charge in [-0.1, -0.05) is 6.07 Å². The summed E-state index contributed by atoms with van der Waals surface area (Å²) in [6.07, 6.45) is 0.994. The Hall–Kier alpha value is -1.30. The first-order valence-electron chi connectivity index (χ1n) is 7.63. The van der Waals surface area contributed by atoms with E-state index < -0.39 is 0 Å². The molecule has 118 valence electrons. The van der Waals surface area contributed by atoms with E-state index in [1.807, 2.05) is 12.1 Å². The summed E-state index contributed by atoms with van der Waals surface area (Å²) in [5.74, 6) is 0.740. The zero-order valence-electron chi connectivity index (χ0n) is 13.1. The second-order valence-electron chi connectivity index (χ2n) is 5.73. The number of aliphatic hydroxyl groups excluding tert-OH is 1. The molecule has 1 aromatic carbocycles. The molecule has 1 atom stereocenters. The van der Waals surface area contributed by atoms with Gasteiger partial charge in [0.1, 0.15) is 5.75 Å². The van der Waals surface area contributed by atoms with Gasteiger partial charge in [0.25, 0.3) is 0 Å². The Morgan fingerprint density at radius 3 is 2.57 bits per heavy atom. The molecule has 0 saturated carbocycles. The van der Waals surface area contributed by atoms with E-state index in [4.69, 9.17) is 15.6 Å². The number of piperazine rings is 1. The van der Waals surface area contributed by atoms with Crippen LogP contribution in [-0.4, -0.2) is 67.4 Å². The van der Waals surface area contributed by atoms with Gasteiger partial charge in [-0.25, -0.2) is 0 Å². The number of anilines is 1. The Morgan fingerprint density at radius 2 is 2.00 bits per heavy atom. The van der Waals surface area contributed by atoms with Gasteiger partial charge in [-0.2, -0.15) is 0 Å². The number of hydrogen-bond donors (Lipinski definition) is 2. The molecule has 0 aliphatic carbocycles. The molecule has 1 aromatic rings. The fourth-order valence-electron chi connectivity index (χ4n) is 2.95. The van der Waals surface area contributed by atoms with Gasteiger partial charge in [-0.3, -0.25) is 9.80 Å². The van der Waals surface area contributed by atoms with Gasteiger partial charge >= 0.3 is 0 Å². The molecule has 0 aromatic heterocycles. The van der Waals surface area contributed by atoms with Crippen LogP contribution in [0.5, 0.6) is 5.75 Å². The van der Waals surface area contributed by atoms with Crippen LogP contribution in [0.4, 0.5) is 5.69 Å². The van der Waals surface area contributed by atoms with E-state index in [1.54, 1.807) is 7.11 Å². The Balaban J connectivity index is 1.87. The number of methoxy groups -OCH3 is 1. The van der Waals surface area contributed by atoms with Crippen molar-refractivity contribution in [3.05, 3.63) is 23.8 Å². The van der Waals surface area contributed by atoms with E-state index in [9.17, 15) is 0 Å². The van der Waals surface area contributed by atoms with E-state index in [-0.39, 0.29) is 6.61 Å². The average Bonchev–Trinajstić information content (AvgIpc) is 2.48. The molecule has 21 heavy (non-hydrogen) atoms. The quantitative estimate of drug-likeness (QED) is 0.760. The number of nitrogens with two attached hydrogens (primary N) is 1. The van der Waals surface area contributed by atoms with Crippen LogP contribution in [0.15, 0.2) is 18.2 Å². The van der Waals surface area contributed by atoms with E-state index in [2.05, 4.69) is 22.8 Å². The van der Waals surface area contributed by atoms with Crippen LogP contribution in [0.1, 0.15) is 12.5 Å². The summed E-state index contributed by atoms with van der Waals surface area (Å²) in [6.45, 7) is 7.50. The first-order valence-corrected chi connectivity index (χ1v) is 7.63. The van der Waals surface area contributed by atoms with Crippen molar-refractivity contribution in [1.29, 1.82) is 0 Å². The topological polar surface area (TPSA) is 62.0 Å². The third-order valence-corrected chi connectivity index (χ3v) is 4.27. The molecule has 1 aliphatic rings. The SMILES string of the molecule is COc1ccc(CC(C)N2CCN(CCO)CC2)cc1N. The van der Waals surface area contributed by atoms with Crippen LogP contribution >= 0.6 is 0 Å². The van der Waals surface area contributed by atoms with Gasteiger partial charge in [0.15, 0.2) is 0 Å². The van der Waals surface area contributed by atoms with Gasteiger partial charge in [0.2, 0.25) is 0 Å². The minimum Gasteiger partial charge on any atom is -0.495 e. The van der Waals surface area contributed by atoms with Crippen LogP contribution in [0.3, 0.4) is 0 Å². The summed E-state index contributed by atoms with van der Waals surface area (Å²) in [5, 5.41) is 8.98. The number of nitrogens with zero attached hydrogens (tertiary/aromatic N) is 2. The number of ether oxygens (including phenoxy) is 1. The molecule has 5 nitrogen and oxygen atoms in total. The van der Waals surface area contributed by atoms with Crippen molar-refractivity contribution in [3.8, 4) is 5.75 Å². The Morgan fingerprint density at radius 1 is 1.29 bits per heavy atom. The highest BCUT2D eigenvalue weighted by atomic mass is 16.5. The maximum Gasteiger partial charge on any atom is 0.141 e. The molecule has 0 spiro atoms. The van der Waals surface area contributed by atoms with Crippen LogP contribution in [0, 0.1) is 0 Å². The number of benzene rings is 1. The molecule has 3 N–H and O–H groups in total. The number of β-amino-alcohol motifs (C(OH)–C–C–N with tert-alkyl or cyclic N) is 1. The van der Waals surface area contributed by atoms with Gasteiger partial charge in [-0.15, -0.1) is 0 Å². The van der Waals surface area contributed by atoms with Crippen molar-refractivity contribution in [2.75, 3.05) is 52.2 Å². The monoisotopic (exact) mass is 293 g/mol. The van der Waals surface area contributed by atoms with Crippen LogP contribution in [0.2, 0.25) is 0 Å². The number of aliphatic hydroxyl groups is 1. The zero-order chi connectivity index (χ0) is 15.2. The second kappa shape index (κ2) is 7.64. The van der Waals surface area contributed by atoms with Crippen molar-refractivity contribution >= 4 is 5.69 Å². The summed E-state index contributed by atoms with van der Waals surface area (Å²) in [5.41, 5.74) is 7.92. The Kier molecular flexibility index (Phi) is 5.85. The summed E-state index contributed by atoms with van der Waals surface area (Å²) in [6, 6.07) is 6.54. The number of rotatable bonds is 6. The minimum atomic E-state index is 0.251.